The van der Waals surface area contributed by atoms with E-state index < -0.39 is 41.4 Å². The van der Waals surface area contributed by atoms with Gasteiger partial charge in [0.05, 0.1) is 0 Å². The molecule has 1 rings (SSSR count). The van der Waals surface area contributed by atoms with Gasteiger partial charge in [0.2, 0.25) is 11.6 Å². The second-order valence-corrected chi connectivity index (χ2v) is 4.22. The summed E-state index contributed by atoms with van der Waals surface area (Å²) in [5.41, 5.74) is 5.28. The maximum atomic E-state index is 13.2. The second kappa shape index (κ2) is 7.84. The highest BCUT2D eigenvalue weighted by Gasteiger charge is 2.21. The molecule has 0 saturated heterocycles. The Hall–Kier alpha value is -1.63. The molecule has 0 aliphatic heterocycles. The fourth-order valence-electron chi connectivity index (χ4n) is 1.55. The number of nitrogens with two attached hydrogens (primary N) is 1. The van der Waals surface area contributed by atoms with Gasteiger partial charge in [-0.05, 0) is 19.4 Å². The van der Waals surface area contributed by atoms with Crippen molar-refractivity contribution in [3.05, 3.63) is 29.3 Å². The summed E-state index contributed by atoms with van der Waals surface area (Å²) in [7, 11) is 0. The Morgan fingerprint density at radius 2 is 1.65 bits per heavy atom. The molecule has 2 N–H and O–H groups in total. The minimum absolute atomic E-state index is 0.0756. The van der Waals surface area contributed by atoms with Crippen molar-refractivity contribution in [1.82, 2.24) is 0 Å². The Morgan fingerprint density at radius 3 is 2.20 bits per heavy atom. The van der Waals surface area contributed by atoms with Crippen LogP contribution in [-0.2, 0) is 4.79 Å². The largest absolute Gasteiger partial charge is 0.480 e. The molecular formula is C13H15F4NO2. The van der Waals surface area contributed by atoms with Crippen LogP contribution in [0.1, 0.15) is 25.7 Å². The number of carbonyl (C=O) groups excluding carboxylic acids is 1. The molecule has 0 amide bonds. The molecule has 3 nitrogen and oxygen atoms in total. The summed E-state index contributed by atoms with van der Waals surface area (Å²) >= 11 is 0. The zero-order chi connectivity index (χ0) is 15.1. The Bertz CT molecular complexity index is 454. The van der Waals surface area contributed by atoms with Crippen LogP contribution in [0.25, 0.3) is 0 Å². The summed E-state index contributed by atoms with van der Waals surface area (Å²) in [6.07, 6.45) is 2.25. The van der Waals surface area contributed by atoms with Gasteiger partial charge in [-0.15, -0.1) is 0 Å². The van der Waals surface area contributed by atoms with Gasteiger partial charge in [-0.1, -0.05) is 6.42 Å². The predicted octanol–water partition coefficient (Wildman–Crippen LogP) is 2.71. The number of carbonyl (C=O) groups is 1. The van der Waals surface area contributed by atoms with Gasteiger partial charge < -0.3 is 10.5 Å². The van der Waals surface area contributed by atoms with Crippen LogP contribution in [0.3, 0.4) is 0 Å². The highest BCUT2D eigenvalue weighted by molar-refractivity contribution is 5.79. The minimum Gasteiger partial charge on any atom is -0.480 e. The number of unbranched alkanes of at least 4 members (excludes halogenated alkanes) is 2. The van der Waals surface area contributed by atoms with Crippen LogP contribution in [0, 0.1) is 23.3 Å². The SMILES string of the molecule is NCCCCCC(=O)COc1c(F)c(F)cc(F)c1F. The van der Waals surface area contributed by atoms with Gasteiger partial charge in [0, 0.05) is 12.5 Å². The molecule has 0 aliphatic rings. The average molecular weight is 293 g/mol. The lowest BCUT2D eigenvalue weighted by atomic mass is 10.1. The van der Waals surface area contributed by atoms with E-state index in [0.717, 1.165) is 12.8 Å². The van der Waals surface area contributed by atoms with E-state index in [1.807, 2.05) is 0 Å². The van der Waals surface area contributed by atoms with Gasteiger partial charge in [0.15, 0.2) is 23.2 Å². The summed E-state index contributed by atoms with van der Waals surface area (Å²) in [5, 5.41) is 0. The van der Waals surface area contributed by atoms with Gasteiger partial charge in [-0.25, -0.2) is 8.78 Å². The first kappa shape index (κ1) is 16.4. The Balaban J connectivity index is 2.55. The van der Waals surface area contributed by atoms with E-state index in [4.69, 9.17) is 5.73 Å². The quantitative estimate of drug-likeness (QED) is 0.455. The molecule has 1 aromatic rings. The zero-order valence-electron chi connectivity index (χ0n) is 10.7. The Kier molecular flexibility index (Phi) is 6.44. The molecule has 0 spiro atoms. The third kappa shape index (κ3) is 4.48. The highest BCUT2D eigenvalue weighted by atomic mass is 19.2. The summed E-state index contributed by atoms with van der Waals surface area (Å²) in [4.78, 5) is 11.4. The number of halogens is 4. The highest BCUT2D eigenvalue weighted by Crippen LogP contribution is 2.26. The Labute approximate surface area is 113 Å². The summed E-state index contributed by atoms with van der Waals surface area (Å²) in [6, 6.07) is 0.0756. The fourth-order valence-corrected chi connectivity index (χ4v) is 1.55. The van der Waals surface area contributed by atoms with Crippen molar-refractivity contribution >= 4 is 5.78 Å². The standard InChI is InChI=1S/C13H15F4NO2/c14-9-6-10(15)12(17)13(11(9)16)20-7-8(19)4-2-1-3-5-18/h6H,1-5,7,18H2. The first-order valence-electron chi connectivity index (χ1n) is 6.15. The summed E-state index contributed by atoms with van der Waals surface area (Å²) in [5.74, 6) is -8.08. The van der Waals surface area contributed by atoms with Crippen molar-refractivity contribution in [1.29, 1.82) is 0 Å². The molecule has 20 heavy (non-hydrogen) atoms. The number of rotatable bonds is 8. The molecule has 0 unspecified atom stereocenters. The van der Waals surface area contributed by atoms with E-state index in [0.29, 0.717) is 13.0 Å². The lowest BCUT2D eigenvalue weighted by Crippen LogP contribution is -2.13. The molecule has 1 aromatic carbocycles. The smallest absolute Gasteiger partial charge is 0.203 e. The molecule has 0 aromatic heterocycles. The molecule has 0 aliphatic carbocycles. The van der Waals surface area contributed by atoms with E-state index in [-0.39, 0.29) is 12.5 Å². The summed E-state index contributed by atoms with van der Waals surface area (Å²) < 4.78 is 56.7. The maximum absolute atomic E-state index is 13.2. The van der Waals surface area contributed by atoms with Crippen molar-refractivity contribution in [2.75, 3.05) is 13.2 Å². The van der Waals surface area contributed by atoms with Crippen molar-refractivity contribution in [2.45, 2.75) is 25.7 Å². The van der Waals surface area contributed by atoms with E-state index in [1.54, 1.807) is 0 Å². The fraction of sp³-hybridized carbons (Fsp3) is 0.462. The molecule has 0 heterocycles. The molecule has 0 bridgehead atoms. The van der Waals surface area contributed by atoms with Crippen LogP contribution >= 0.6 is 0 Å². The van der Waals surface area contributed by atoms with Crippen LogP contribution in [0.2, 0.25) is 0 Å². The Morgan fingerprint density at radius 1 is 1.05 bits per heavy atom. The van der Waals surface area contributed by atoms with Gasteiger partial charge in [0.1, 0.15) is 6.61 Å². The third-order valence-electron chi connectivity index (χ3n) is 2.61. The topological polar surface area (TPSA) is 52.3 Å². The van der Waals surface area contributed by atoms with Gasteiger partial charge in [0.25, 0.3) is 0 Å². The van der Waals surface area contributed by atoms with E-state index in [2.05, 4.69) is 4.74 Å². The first-order chi connectivity index (χ1) is 9.47. The average Bonchev–Trinajstić information content (AvgIpc) is 2.41. The van der Waals surface area contributed by atoms with Crippen molar-refractivity contribution < 1.29 is 27.1 Å². The lowest BCUT2D eigenvalue weighted by Gasteiger charge is -2.08. The van der Waals surface area contributed by atoms with Crippen LogP contribution in [-0.4, -0.2) is 18.9 Å². The number of ether oxygens (including phenoxy) is 1. The number of hydrogen-bond donors (Lipinski definition) is 1. The van der Waals surface area contributed by atoms with E-state index in [1.165, 1.54) is 0 Å². The lowest BCUT2D eigenvalue weighted by molar-refractivity contribution is -0.121. The van der Waals surface area contributed by atoms with Gasteiger partial charge in [-0.3, -0.25) is 4.79 Å². The van der Waals surface area contributed by atoms with E-state index in [9.17, 15) is 22.4 Å². The molecule has 0 atom stereocenters. The van der Waals surface area contributed by atoms with Gasteiger partial charge in [-0.2, -0.15) is 8.78 Å². The molecular weight excluding hydrogens is 278 g/mol. The maximum Gasteiger partial charge on any atom is 0.203 e. The number of Topliss-reactive ketones (excluding diaryl/α,β-unsaturated/α-hetero) is 1. The van der Waals surface area contributed by atoms with Crippen LogP contribution < -0.4 is 10.5 Å². The number of benzene rings is 1. The normalized spacial score (nSPS) is 10.7. The molecule has 112 valence electrons. The molecule has 0 radical (unpaired) electrons. The minimum atomic E-state index is -1.65. The number of ketones is 1. The monoisotopic (exact) mass is 293 g/mol. The molecule has 0 saturated carbocycles. The molecule has 7 heteroatoms. The summed E-state index contributed by atoms with van der Waals surface area (Å²) in [6.45, 7) is -0.122. The van der Waals surface area contributed by atoms with Crippen LogP contribution in [0.15, 0.2) is 6.07 Å². The zero-order valence-corrected chi connectivity index (χ0v) is 10.7. The van der Waals surface area contributed by atoms with Crippen molar-refractivity contribution in [3.63, 3.8) is 0 Å². The third-order valence-corrected chi connectivity index (χ3v) is 2.61. The second-order valence-electron chi connectivity index (χ2n) is 4.22. The molecule has 0 fully saturated rings. The van der Waals surface area contributed by atoms with E-state index >= 15 is 0 Å². The van der Waals surface area contributed by atoms with Crippen molar-refractivity contribution in [2.24, 2.45) is 5.73 Å². The van der Waals surface area contributed by atoms with Crippen molar-refractivity contribution in [3.8, 4) is 5.75 Å². The predicted molar refractivity (Wildman–Crippen MR) is 64.3 cm³/mol. The van der Waals surface area contributed by atoms with Crippen LogP contribution in [0.5, 0.6) is 5.75 Å². The first-order valence-corrected chi connectivity index (χ1v) is 6.15. The van der Waals surface area contributed by atoms with Gasteiger partial charge >= 0.3 is 0 Å². The number of hydrogen-bond acceptors (Lipinski definition) is 3. The van der Waals surface area contributed by atoms with Crippen LogP contribution in [0.4, 0.5) is 17.6 Å².